The van der Waals surface area contributed by atoms with Crippen molar-refractivity contribution in [2.45, 2.75) is 31.9 Å². The number of hydrogen-bond donors (Lipinski definition) is 2. The van der Waals surface area contributed by atoms with Crippen molar-refractivity contribution in [1.82, 2.24) is 25.2 Å². The van der Waals surface area contributed by atoms with E-state index < -0.39 is 6.10 Å². The van der Waals surface area contributed by atoms with Crippen LogP contribution in [0, 0.1) is 5.92 Å². The number of nitrogens with one attached hydrogen (secondary N) is 1. The summed E-state index contributed by atoms with van der Waals surface area (Å²) in [6, 6.07) is 7.49. The number of benzene rings is 1. The average molecular weight is 329 g/mol. The van der Waals surface area contributed by atoms with Crippen LogP contribution in [0.1, 0.15) is 31.4 Å². The first-order valence-corrected chi connectivity index (χ1v) is 8.21. The SMILES string of the molecule is CC(NC(=O)N(C)CC(O)C1CC1)c1ccc(-n2ccnn2)cc1. The lowest BCUT2D eigenvalue weighted by molar-refractivity contribution is 0.113. The zero-order chi connectivity index (χ0) is 17.1. The number of carbonyl (C=O) groups is 1. The molecule has 7 heteroatoms. The molecule has 128 valence electrons. The van der Waals surface area contributed by atoms with Gasteiger partial charge < -0.3 is 15.3 Å². The van der Waals surface area contributed by atoms with Gasteiger partial charge in [0.25, 0.3) is 0 Å². The van der Waals surface area contributed by atoms with Crippen molar-refractivity contribution in [3.8, 4) is 5.69 Å². The van der Waals surface area contributed by atoms with E-state index in [1.54, 1.807) is 29.0 Å². The quantitative estimate of drug-likeness (QED) is 0.845. The summed E-state index contributed by atoms with van der Waals surface area (Å²) >= 11 is 0. The van der Waals surface area contributed by atoms with Crippen LogP contribution in [0.3, 0.4) is 0 Å². The molecule has 2 aromatic rings. The molecular formula is C17H23N5O2. The summed E-state index contributed by atoms with van der Waals surface area (Å²) in [6.07, 6.45) is 5.11. The Kier molecular flexibility index (Phi) is 4.80. The fourth-order valence-corrected chi connectivity index (χ4v) is 2.63. The van der Waals surface area contributed by atoms with Gasteiger partial charge in [0, 0.05) is 13.6 Å². The van der Waals surface area contributed by atoms with Crippen molar-refractivity contribution in [1.29, 1.82) is 0 Å². The summed E-state index contributed by atoms with van der Waals surface area (Å²) < 4.78 is 1.68. The molecule has 2 unspecified atom stereocenters. The van der Waals surface area contributed by atoms with Crippen molar-refractivity contribution < 1.29 is 9.90 Å². The largest absolute Gasteiger partial charge is 0.391 e. The Morgan fingerprint density at radius 1 is 1.42 bits per heavy atom. The molecule has 0 bridgehead atoms. The maximum Gasteiger partial charge on any atom is 0.317 e. The Hall–Kier alpha value is -2.41. The van der Waals surface area contributed by atoms with Gasteiger partial charge in [0.2, 0.25) is 0 Å². The number of urea groups is 1. The van der Waals surface area contributed by atoms with Crippen molar-refractivity contribution in [3.63, 3.8) is 0 Å². The summed E-state index contributed by atoms with van der Waals surface area (Å²) in [5.41, 5.74) is 1.92. The summed E-state index contributed by atoms with van der Waals surface area (Å²) in [5.74, 6) is 0.363. The van der Waals surface area contributed by atoms with E-state index in [-0.39, 0.29) is 12.1 Å². The van der Waals surface area contributed by atoms with Crippen LogP contribution in [-0.2, 0) is 0 Å². The van der Waals surface area contributed by atoms with E-state index in [2.05, 4.69) is 15.6 Å². The van der Waals surface area contributed by atoms with E-state index in [1.807, 2.05) is 31.2 Å². The van der Waals surface area contributed by atoms with E-state index >= 15 is 0 Å². The van der Waals surface area contributed by atoms with Gasteiger partial charge in [-0.2, -0.15) is 0 Å². The number of aliphatic hydroxyl groups is 1. The van der Waals surface area contributed by atoms with Crippen molar-refractivity contribution in [2.24, 2.45) is 5.92 Å². The molecule has 1 aromatic heterocycles. The maximum absolute atomic E-state index is 12.2. The van der Waals surface area contributed by atoms with Gasteiger partial charge in [-0.25, -0.2) is 9.48 Å². The summed E-state index contributed by atoms with van der Waals surface area (Å²) in [5, 5.41) is 20.6. The number of nitrogens with zero attached hydrogens (tertiary/aromatic N) is 4. The van der Waals surface area contributed by atoms with Gasteiger partial charge >= 0.3 is 6.03 Å². The number of aliphatic hydroxyl groups excluding tert-OH is 1. The summed E-state index contributed by atoms with van der Waals surface area (Å²) in [7, 11) is 1.71. The Bertz CT molecular complexity index is 667. The molecule has 1 aliphatic rings. The van der Waals surface area contributed by atoms with Crippen LogP contribution < -0.4 is 5.32 Å². The molecular weight excluding hydrogens is 306 g/mol. The number of aromatic nitrogens is 3. The van der Waals surface area contributed by atoms with Crippen LogP contribution >= 0.6 is 0 Å². The van der Waals surface area contributed by atoms with E-state index in [4.69, 9.17) is 0 Å². The number of carbonyl (C=O) groups excluding carboxylic acids is 1. The predicted octanol–water partition coefficient (Wildman–Crippen LogP) is 1.74. The standard InChI is InChI=1S/C17H23N5O2/c1-12(19-17(24)21(2)11-16(23)14-3-4-14)13-5-7-15(8-6-13)22-10-9-18-20-22/h5-10,12,14,16,23H,3-4,11H2,1-2H3,(H,19,24). The topological polar surface area (TPSA) is 83.3 Å². The first-order valence-electron chi connectivity index (χ1n) is 8.21. The Morgan fingerprint density at radius 2 is 2.12 bits per heavy atom. The van der Waals surface area contributed by atoms with Gasteiger partial charge in [0.1, 0.15) is 0 Å². The second-order valence-corrected chi connectivity index (χ2v) is 6.40. The average Bonchev–Trinajstić information content (AvgIpc) is 3.29. The summed E-state index contributed by atoms with van der Waals surface area (Å²) in [6.45, 7) is 2.31. The van der Waals surface area contributed by atoms with Crippen molar-refractivity contribution >= 4 is 6.03 Å². The Morgan fingerprint density at radius 3 is 2.71 bits per heavy atom. The lowest BCUT2D eigenvalue weighted by atomic mass is 10.1. The molecule has 3 rings (SSSR count). The molecule has 24 heavy (non-hydrogen) atoms. The third kappa shape index (κ3) is 3.91. The zero-order valence-electron chi connectivity index (χ0n) is 14.0. The first-order chi connectivity index (χ1) is 11.5. The van der Waals surface area contributed by atoms with Gasteiger partial charge in [0.05, 0.1) is 30.2 Å². The van der Waals surface area contributed by atoms with Gasteiger partial charge in [-0.1, -0.05) is 17.3 Å². The molecule has 1 aliphatic carbocycles. The van der Waals surface area contributed by atoms with Gasteiger partial charge in [-0.3, -0.25) is 0 Å². The van der Waals surface area contributed by atoms with E-state index in [0.717, 1.165) is 24.1 Å². The fraction of sp³-hybridized carbons (Fsp3) is 0.471. The molecule has 0 saturated heterocycles. The highest BCUT2D eigenvalue weighted by atomic mass is 16.3. The summed E-state index contributed by atoms with van der Waals surface area (Å²) in [4.78, 5) is 13.8. The Balaban J connectivity index is 1.55. The molecule has 1 heterocycles. The van der Waals surface area contributed by atoms with Crippen LogP contribution in [0.4, 0.5) is 4.79 Å². The lowest BCUT2D eigenvalue weighted by Crippen LogP contribution is -2.42. The first kappa shape index (κ1) is 16.4. The van der Waals surface area contributed by atoms with Crippen LogP contribution in [0.15, 0.2) is 36.7 Å². The van der Waals surface area contributed by atoms with Crippen LogP contribution in [0.2, 0.25) is 0 Å². The van der Waals surface area contributed by atoms with Gasteiger partial charge in [0.15, 0.2) is 0 Å². The van der Waals surface area contributed by atoms with Gasteiger partial charge in [-0.05, 0) is 43.4 Å². The molecule has 0 aliphatic heterocycles. The highest BCUT2D eigenvalue weighted by Gasteiger charge is 2.31. The maximum atomic E-state index is 12.2. The second-order valence-electron chi connectivity index (χ2n) is 6.40. The zero-order valence-corrected chi connectivity index (χ0v) is 14.0. The molecule has 0 radical (unpaired) electrons. The smallest absolute Gasteiger partial charge is 0.317 e. The molecule has 2 atom stereocenters. The van der Waals surface area contributed by atoms with E-state index in [1.165, 1.54) is 0 Å². The molecule has 2 amide bonds. The molecule has 1 fully saturated rings. The fourth-order valence-electron chi connectivity index (χ4n) is 2.63. The van der Waals surface area contributed by atoms with E-state index in [0.29, 0.717) is 12.5 Å². The molecule has 1 saturated carbocycles. The number of amides is 2. The second kappa shape index (κ2) is 7.00. The van der Waals surface area contributed by atoms with Crippen LogP contribution in [0.25, 0.3) is 5.69 Å². The lowest BCUT2D eigenvalue weighted by Gasteiger charge is -2.24. The minimum absolute atomic E-state index is 0.122. The predicted molar refractivity (Wildman–Crippen MR) is 89.7 cm³/mol. The highest BCUT2D eigenvalue weighted by molar-refractivity contribution is 5.74. The highest BCUT2D eigenvalue weighted by Crippen LogP contribution is 2.32. The number of rotatable bonds is 6. The molecule has 2 N–H and O–H groups in total. The normalized spacial score (nSPS) is 16.5. The minimum Gasteiger partial charge on any atom is -0.391 e. The molecule has 1 aromatic carbocycles. The van der Waals surface area contributed by atoms with Crippen molar-refractivity contribution in [3.05, 3.63) is 42.2 Å². The van der Waals surface area contributed by atoms with Crippen molar-refractivity contribution in [2.75, 3.05) is 13.6 Å². The third-order valence-electron chi connectivity index (χ3n) is 4.39. The number of hydrogen-bond acceptors (Lipinski definition) is 4. The monoisotopic (exact) mass is 329 g/mol. The number of likely N-dealkylation sites (N-methyl/N-ethyl adjacent to an activating group) is 1. The molecule has 0 spiro atoms. The Labute approximate surface area is 141 Å². The minimum atomic E-state index is -0.419. The van der Waals surface area contributed by atoms with Gasteiger partial charge in [-0.15, -0.1) is 5.10 Å². The van der Waals surface area contributed by atoms with Crippen LogP contribution in [-0.4, -0.2) is 50.7 Å². The van der Waals surface area contributed by atoms with E-state index in [9.17, 15) is 9.90 Å². The third-order valence-corrected chi connectivity index (χ3v) is 4.39. The van der Waals surface area contributed by atoms with Crippen LogP contribution in [0.5, 0.6) is 0 Å². The molecule has 7 nitrogen and oxygen atoms in total.